The van der Waals surface area contributed by atoms with E-state index in [1.165, 1.54) is 37.4 Å². The number of anilines is 1. The molecule has 35 heavy (non-hydrogen) atoms. The molecule has 0 aliphatic heterocycles. The zero-order valence-electron chi connectivity index (χ0n) is 18.4. The number of carboxylic acid groups (broad SMARTS) is 1. The van der Waals surface area contributed by atoms with Crippen LogP contribution >= 0.6 is 0 Å². The molecule has 0 bridgehead atoms. The SMILES string of the molecule is COc1ccc(C(Nc2ccc(C(=N)N)cc2)c2nn(-c3ccccc3C(=O)O)c(=O)[nH]2)c(F)c1. The summed E-state index contributed by atoms with van der Waals surface area (Å²) in [6.45, 7) is 0. The van der Waals surface area contributed by atoms with Gasteiger partial charge in [-0.15, -0.1) is 5.10 Å². The number of aromatic nitrogens is 3. The number of para-hydroxylation sites is 1. The third-order valence-corrected chi connectivity index (χ3v) is 5.30. The Bertz CT molecular complexity index is 1460. The van der Waals surface area contributed by atoms with Crippen molar-refractivity contribution in [1.29, 1.82) is 5.41 Å². The molecule has 11 heteroatoms. The van der Waals surface area contributed by atoms with Gasteiger partial charge in [-0.2, -0.15) is 4.68 Å². The van der Waals surface area contributed by atoms with Crippen molar-refractivity contribution < 1.29 is 19.0 Å². The van der Waals surface area contributed by atoms with E-state index in [-0.39, 0.29) is 28.5 Å². The van der Waals surface area contributed by atoms with Crippen molar-refractivity contribution in [2.75, 3.05) is 12.4 Å². The first-order valence-electron chi connectivity index (χ1n) is 10.3. The molecule has 4 aromatic rings. The topological polar surface area (TPSA) is 159 Å². The first-order valence-corrected chi connectivity index (χ1v) is 10.3. The van der Waals surface area contributed by atoms with Crippen LogP contribution in [0.1, 0.15) is 33.4 Å². The fraction of sp³-hybridized carbons (Fsp3) is 0.0833. The molecule has 178 valence electrons. The average Bonchev–Trinajstić information content (AvgIpc) is 3.24. The second-order valence-corrected chi connectivity index (χ2v) is 7.51. The number of ether oxygens (including phenoxy) is 1. The van der Waals surface area contributed by atoms with Crippen molar-refractivity contribution in [3.8, 4) is 11.4 Å². The number of nitrogens with one attached hydrogen (secondary N) is 3. The second-order valence-electron chi connectivity index (χ2n) is 7.51. The summed E-state index contributed by atoms with van der Waals surface area (Å²) in [7, 11) is 1.42. The molecule has 0 saturated carbocycles. The van der Waals surface area contributed by atoms with E-state index in [0.717, 1.165) is 4.68 Å². The van der Waals surface area contributed by atoms with Crippen LogP contribution in [-0.4, -0.2) is 38.8 Å². The molecule has 0 saturated heterocycles. The normalized spacial score (nSPS) is 11.6. The largest absolute Gasteiger partial charge is 0.497 e. The van der Waals surface area contributed by atoms with E-state index in [1.807, 2.05) is 0 Å². The molecular formula is C24H21FN6O4. The third-order valence-electron chi connectivity index (χ3n) is 5.30. The average molecular weight is 476 g/mol. The summed E-state index contributed by atoms with van der Waals surface area (Å²) >= 11 is 0. The summed E-state index contributed by atoms with van der Waals surface area (Å²) in [4.78, 5) is 27.0. The Morgan fingerprint density at radius 3 is 2.54 bits per heavy atom. The minimum absolute atomic E-state index is 0.0508. The van der Waals surface area contributed by atoms with Crippen LogP contribution in [0.4, 0.5) is 10.1 Å². The van der Waals surface area contributed by atoms with Crippen LogP contribution in [0.15, 0.2) is 71.5 Å². The van der Waals surface area contributed by atoms with Crippen LogP contribution < -0.4 is 21.5 Å². The van der Waals surface area contributed by atoms with Crippen LogP contribution in [0.5, 0.6) is 5.75 Å². The van der Waals surface area contributed by atoms with Gasteiger partial charge in [0.1, 0.15) is 23.4 Å². The number of hydrogen-bond donors (Lipinski definition) is 5. The van der Waals surface area contributed by atoms with Crippen molar-refractivity contribution in [3.05, 3.63) is 106 Å². The van der Waals surface area contributed by atoms with Crippen molar-refractivity contribution in [2.24, 2.45) is 5.73 Å². The van der Waals surface area contributed by atoms with Gasteiger partial charge in [0.05, 0.1) is 18.4 Å². The number of carboxylic acids is 1. The summed E-state index contributed by atoms with van der Waals surface area (Å²) in [6.07, 6.45) is 0. The minimum Gasteiger partial charge on any atom is -0.497 e. The van der Waals surface area contributed by atoms with Gasteiger partial charge >= 0.3 is 11.7 Å². The number of carbonyl (C=O) groups is 1. The molecular weight excluding hydrogens is 455 g/mol. The van der Waals surface area contributed by atoms with Crippen LogP contribution in [0, 0.1) is 11.2 Å². The number of aromatic amines is 1. The number of halogens is 1. The number of hydrogen-bond acceptors (Lipinski definition) is 6. The second kappa shape index (κ2) is 9.51. The Balaban J connectivity index is 1.82. The number of benzene rings is 3. The van der Waals surface area contributed by atoms with Gasteiger partial charge in [-0.3, -0.25) is 10.4 Å². The molecule has 0 amide bonds. The Hall–Kier alpha value is -4.93. The van der Waals surface area contributed by atoms with Gasteiger partial charge in [0.2, 0.25) is 0 Å². The van der Waals surface area contributed by atoms with E-state index >= 15 is 4.39 Å². The molecule has 1 aromatic heterocycles. The molecule has 4 rings (SSSR count). The van der Waals surface area contributed by atoms with Crippen LogP contribution in [0.2, 0.25) is 0 Å². The lowest BCUT2D eigenvalue weighted by molar-refractivity contribution is 0.0696. The highest BCUT2D eigenvalue weighted by atomic mass is 19.1. The molecule has 1 heterocycles. The molecule has 0 fully saturated rings. The maximum absolute atomic E-state index is 15.1. The maximum atomic E-state index is 15.1. The van der Waals surface area contributed by atoms with Gasteiger partial charge in [0.15, 0.2) is 5.82 Å². The number of nitrogens with zero attached hydrogens (tertiary/aromatic N) is 2. The lowest BCUT2D eigenvalue weighted by Crippen LogP contribution is -2.18. The molecule has 1 unspecified atom stereocenters. The van der Waals surface area contributed by atoms with Crippen molar-refractivity contribution >= 4 is 17.5 Å². The van der Waals surface area contributed by atoms with E-state index in [4.69, 9.17) is 15.9 Å². The Morgan fingerprint density at radius 1 is 1.20 bits per heavy atom. The predicted octanol–water partition coefficient (Wildman–Crippen LogP) is 2.89. The van der Waals surface area contributed by atoms with Crippen molar-refractivity contribution in [3.63, 3.8) is 0 Å². The van der Waals surface area contributed by atoms with Crippen LogP contribution in [-0.2, 0) is 0 Å². The monoisotopic (exact) mass is 476 g/mol. The first kappa shape index (κ1) is 23.2. The third kappa shape index (κ3) is 4.74. The quantitative estimate of drug-likeness (QED) is 0.193. The molecule has 10 nitrogen and oxygen atoms in total. The highest BCUT2D eigenvalue weighted by Crippen LogP contribution is 2.29. The summed E-state index contributed by atoms with van der Waals surface area (Å²) < 4.78 is 21.1. The van der Waals surface area contributed by atoms with E-state index in [9.17, 15) is 14.7 Å². The van der Waals surface area contributed by atoms with Crippen molar-refractivity contribution in [2.45, 2.75) is 6.04 Å². The zero-order valence-corrected chi connectivity index (χ0v) is 18.4. The highest BCUT2D eigenvalue weighted by molar-refractivity contribution is 5.95. The summed E-state index contributed by atoms with van der Waals surface area (Å²) in [5, 5.41) is 24.5. The molecule has 1 atom stereocenters. The zero-order chi connectivity index (χ0) is 25.1. The van der Waals surface area contributed by atoms with E-state index in [1.54, 1.807) is 36.4 Å². The molecule has 0 spiro atoms. The predicted molar refractivity (Wildman–Crippen MR) is 127 cm³/mol. The standard InChI is InChI=1S/C24H21FN6O4/c1-35-15-10-11-16(18(25)12-15)20(28-14-8-6-13(7-9-14)21(26)27)22-29-24(34)31(30-22)19-5-3-2-4-17(19)23(32)33/h2-12,20,28H,1H3,(H3,26,27)(H,32,33)(H,29,30,34). The lowest BCUT2D eigenvalue weighted by Gasteiger charge is -2.19. The molecule has 0 aliphatic carbocycles. The molecule has 0 aliphatic rings. The number of aromatic carboxylic acids is 1. The number of rotatable bonds is 8. The number of methoxy groups -OCH3 is 1. The van der Waals surface area contributed by atoms with Gasteiger partial charge in [-0.25, -0.2) is 14.0 Å². The highest BCUT2D eigenvalue weighted by Gasteiger charge is 2.24. The Kier molecular flexibility index (Phi) is 6.32. The fourth-order valence-electron chi connectivity index (χ4n) is 3.55. The maximum Gasteiger partial charge on any atom is 0.348 e. The van der Waals surface area contributed by atoms with Crippen LogP contribution in [0.3, 0.4) is 0 Å². The summed E-state index contributed by atoms with van der Waals surface area (Å²) in [5.41, 5.74) is 5.97. The Labute approximate surface area is 198 Å². The first-order chi connectivity index (χ1) is 16.8. The Morgan fingerprint density at radius 2 is 1.91 bits per heavy atom. The smallest absolute Gasteiger partial charge is 0.348 e. The fourth-order valence-corrected chi connectivity index (χ4v) is 3.55. The van der Waals surface area contributed by atoms with E-state index in [2.05, 4.69) is 15.4 Å². The summed E-state index contributed by atoms with van der Waals surface area (Å²) in [5.74, 6) is -1.57. The van der Waals surface area contributed by atoms with Crippen molar-refractivity contribution in [1.82, 2.24) is 14.8 Å². The van der Waals surface area contributed by atoms with E-state index < -0.39 is 23.5 Å². The van der Waals surface area contributed by atoms with Gasteiger partial charge in [0.25, 0.3) is 0 Å². The number of nitrogen functional groups attached to an aromatic ring is 1. The number of amidine groups is 1. The molecule has 3 aromatic carbocycles. The number of nitrogens with two attached hydrogens (primary N) is 1. The van der Waals surface area contributed by atoms with Gasteiger partial charge in [-0.05, 0) is 48.5 Å². The minimum atomic E-state index is -1.22. The van der Waals surface area contributed by atoms with Gasteiger partial charge in [-0.1, -0.05) is 12.1 Å². The summed E-state index contributed by atoms with van der Waals surface area (Å²) in [6, 6.07) is 15.8. The van der Waals surface area contributed by atoms with Gasteiger partial charge in [0, 0.05) is 22.9 Å². The van der Waals surface area contributed by atoms with E-state index in [0.29, 0.717) is 17.0 Å². The lowest BCUT2D eigenvalue weighted by atomic mass is 10.0. The molecule has 6 N–H and O–H groups in total. The number of H-pyrrole nitrogens is 1. The van der Waals surface area contributed by atoms with Gasteiger partial charge < -0.3 is 20.9 Å². The molecule has 0 radical (unpaired) electrons. The van der Waals surface area contributed by atoms with Crippen LogP contribution in [0.25, 0.3) is 5.69 Å².